The van der Waals surface area contributed by atoms with E-state index in [0.29, 0.717) is 17.7 Å². The molecular weight excluding hydrogens is 477 g/mol. The molecule has 1 saturated carbocycles. The van der Waals surface area contributed by atoms with Crippen molar-refractivity contribution in [2.75, 3.05) is 22.3 Å². The summed E-state index contributed by atoms with van der Waals surface area (Å²) < 4.78 is 71.7. The molecule has 1 saturated heterocycles. The second-order valence-corrected chi connectivity index (χ2v) is 11.3. The first-order chi connectivity index (χ1) is 15.6. The van der Waals surface area contributed by atoms with Crippen LogP contribution in [0, 0.1) is 19.3 Å². The van der Waals surface area contributed by atoms with Crippen LogP contribution < -0.4 is 9.21 Å². The van der Waals surface area contributed by atoms with Crippen molar-refractivity contribution in [3.8, 4) is 0 Å². The minimum atomic E-state index is -5.84. The maximum absolute atomic E-state index is 13.6. The van der Waals surface area contributed by atoms with Gasteiger partial charge in [-0.05, 0) is 64.2 Å². The minimum absolute atomic E-state index is 0.0496. The number of nitrogens with zero attached hydrogens (tertiary/aromatic N) is 2. The molecule has 1 atom stereocenters. The maximum atomic E-state index is 13.6. The molecule has 1 unspecified atom stereocenters. The van der Waals surface area contributed by atoms with Gasteiger partial charge in [-0.1, -0.05) is 6.07 Å². The molecule has 8 nitrogen and oxygen atoms in total. The van der Waals surface area contributed by atoms with Gasteiger partial charge in [-0.25, -0.2) is 0 Å². The fraction of sp³-hybridized carbons (Fsp3) is 0.636. The summed E-state index contributed by atoms with van der Waals surface area (Å²) in [5.41, 5.74) is -6.16. The van der Waals surface area contributed by atoms with Gasteiger partial charge in [0.1, 0.15) is 6.10 Å². The first-order valence-electron chi connectivity index (χ1n) is 11.0. The fourth-order valence-electron chi connectivity index (χ4n) is 3.83. The quantitative estimate of drug-likeness (QED) is 0.547. The Balaban J connectivity index is 2.02. The van der Waals surface area contributed by atoms with Gasteiger partial charge in [0.15, 0.2) is 0 Å². The van der Waals surface area contributed by atoms with Gasteiger partial charge in [0.05, 0.1) is 17.2 Å². The summed E-state index contributed by atoms with van der Waals surface area (Å²) in [5, 5.41) is 9.34. The van der Waals surface area contributed by atoms with Crippen molar-refractivity contribution in [3.63, 3.8) is 0 Å². The summed E-state index contributed by atoms with van der Waals surface area (Å²) in [6, 6.07) is 2.79. The Labute approximate surface area is 196 Å². The normalized spacial score (nSPS) is 19.6. The second-order valence-electron chi connectivity index (χ2n) is 9.49. The Kier molecular flexibility index (Phi) is 6.97. The number of carbonyl (C=O) groups is 2. The summed E-state index contributed by atoms with van der Waals surface area (Å²) in [5.74, 6) is -1.58. The van der Waals surface area contributed by atoms with Crippen molar-refractivity contribution in [1.29, 1.82) is 0 Å². The SMILES string of the molecule is Cc1cc(C)c(N(CCC(C)(C)C(=O)O)S(=O)(=O)C(F)(F)F)cc1N1CCC(OC2CC2)C1=O. The molecule has 12 heteroatoms. The fourth-order valence-corrected chi connectivity index (χ4v) is 4.87. The Hall–Kier alpha value is -2.34. The molecular formula is C22H29F3N2O6S. The lowest BCUT2D eigenvalue weighted by molar-refractivity contribution is -0.147. The first-order valence-corrected chi connectivity index (χ1v) is 12.4. The Bertz CT molecular complexity index is 1080. The van der Waals surface area contributed by atoms with E-state index in [4.69, 9.17) is 4.74 Å². The highest BCUT2D eigenvalue weighted by Gasteiger charge is 2.51. The molecule has 1 N–H and O–H groups in total. The van der Waals surface area contributed by atoms with Gasteiger partial charge < -0.3 is 14.7 Å². The van der Waals surface area contributed by atoms with E-state index in [1.165, 1.54) is 37.8 Å². The number of alkyl halides is 3. The third-order valence-electron chi connectivity index (χ3n) is 6.21. The smallest absolute Gasteiger partial charge is 0.481 e. The highest BCUT2D eigenvalue weighted by Crippen LogP contribution is 2.39. The Morgan fingerprint density at radius 2 is 1.79 bits per heavy atom. The van der Waals surface area contributed by atoms with Crippen molar-refractivity contribution in [1.82, 2.24) is 0 Å². The van der Waals surface area contributed by atoms with Gasteiger partial charge in [0.25, 0.3) is 5.91 Å². The molecule has 2 fully saturated rings. The molecule has 1 aromatic carbocycles. The van der Waals surface area contributed by atoms with Crippen LogP contribution in [0.1, 0.15) is 50.7 Å². The number of carboxylic acid groups (broad SMARTS) is 1. The van der Waals surface area contributed by atoms with Crippen LogP contribution >= 0.6 is 0 Å². The van der Waals surface area contributed by atoms with Crippen LogP contribution in [0.4, 0.5) is 24.5 Å². The van der Waals surface area contributed by atoms with Gasteiger partial charge >= 0.3 is 21.5 Å². The number of rotatable bonds is 9. The molecule has 0 spiro atoms. The van der Waals surface area contributed by atoms with Crippen LogP contribution in [0.3, 0.4) is 0 Å². The third-order valence-corrected chi connectivity index (χ3v) is 7.76. The van der Waals surface area contributed by atoms with Gasteiger partial charge in [-0.2, -0.15) is 21.6 Å². The topological polar surface area (TPSA) is 104 Å². The van der Waals surface area contributed by atoms with Crippen molar-refractivity contribution in [2.45, 2.75) is 71.1 Å². The number of hydrogen-bond donors (Lipinski definition) is 1. The summed E-state index contributed by atoms with van der Waals surface area (Å²) in [4.78, 5) is 25.8. The van der Waals surface area contributed by atoms with Crippen molar-refractivity contribution in [3.05, 3.63) is 23.3 Å². The van der Waals surface area contributed by atoms with Crippen LogP contribution in [0.15, 0.2) is 12.1 Å². The number of carboxylic acids is 1. The predicted molar refractivity (Wildman–Crippen MR) is 119 cm³/mol. The maximum Gasteiger partial charge on any atom is 0.516 e. The number of halogens is 3. The van der Waals surface area contributed by atoms with E-state index in [2.05, 4.69) is 0 Å². The summed E-state index contributed by atoms with van der Waals surface area (Å²) in [6.07, 6.45) is 1.25. The van der Waals surface area contributed by atoms with Gasteiger partial charge in [0, 0.05) is 25.2 Å². The van der Waals surface area contributed by atoms with Crippen LogP contribution in [0.25, 0.3) is 0 Å². The monoisotopic (exact) mass is 506 g/mol. The van der Waals surface area contributed by atoms with E-state index < -0.39 is 39.6 Å². The largest absolute Gasteiger partial charge is 0.516 e. The first kappa shape index (κ1) is 26.3. The Morgan fingerprint density at radius 3 is 2.32 bits per heavy atom. The Morgan fingerprint density at radius 1 is 1.18 bits per heavy atom. The zero-order valence-corrected chi connectivity index (χ0v) is 20.3. The minimum Gasteiger partial charge on any atom is -0.481 e. The molecule has 34 heavy (non-hydrogen) atoms. The van der Waals surface area contributed by atoms with Crippen molar-refractivity contribution >= 4 is 33.3 Å². The molecule has 1 aliphatic heterocycles. The second kappa shape index (κ2) is 9.03. The lowest BCUT2D eigenvalue weighted by atomic mass is 9.89. The number of amides is 1. The predicted octanol–water partition coefficient (Wildman–Crippen LogP) is 3.74. The zero-order valence-electron chi connectivity index (χ0n) is 19.5. The molecule has 0 aromatic heterocycles. The summed E-state index contributed by atoms with van der Waals surface area (Å²) in [6.45, 7) is 5.36. The van der Waals surface area contributed by atoms with Gasteiger partial charge in [0.2, 0.25) is 0 Å². The number of hydrogen-bond acceptors (Lipinski definition) is 5. The number of anilines is 2. The molecule has 1 aromatic rings. The van der Waals surface area contributed by atoms with E-state index in [-0.39, 0.29) is 40.5 Å². The highest BCUT2D eigenvalue weighted by atomic mass is 32.2. The number of carbonyl (C=O) groups excluding carboxylic acids is 1. The molecule has 1 amide bonds. The average Bonchev–Trinajstić information content (AvgIpc) is 3.45. The number of benzene rings is 1. The number of aliphatic carboxylic acids is 1. The van der Waals surface area contributed by atoms with Gasteiger partial charge in [-0.15, -0.1) is 0 Å². The number of ether oxygens (including phenoxy) is 1. The number of sulfonamides is 1. The van der Waals surface area contributed by atoms with Crippen molar-refractivity contribution in [2.24, 2.45) is 5.41 Å². The summed E-state index contributed by atoms with van der Waals surface area (Å²) >= 11 is 0. The number of aryl methyl sites for hydroxylation is 2. The van der Waals surface area contributed by atoms with E-state index >= 15 is 0 Å². The molecule has 2 aliphatic rings. The average molecular weight is 507 g/mol. The molecule has 0 radical (unpaired) electrons. The lowest BCUT2D eigenvalue weighted by Crippen LogP contribution is -2.43. The molecule has 3 rings (SSSR count). The van der Waals surface area contributed by atoms with E-state index in [1.54, 1.807) is 6.92 Å². The lowest BCUT2D eigenvalue weighted by Gasteiger charge is -2.31. The van der Waals surface area contributed by atoms with Gasteiger partial charge in [-0.3, -0.25) is 13.9 Å². The third kappa shape index (κ3) is 5.17. The zero-order chi connectivity index (χ0) is 25.6. The standard InChI is InChI=1S/C22H29F3N2O6S/c1-13-11-14(2)17(12-16(13)26-9-7-18(19(26)28)33-15-5-6-15)27(34(31,32)22(23,24)25)10-8-21(3,4)20(29)30/h11-12,15,18H,5-10H2,1-4H3,(H,29,30). The summed E-state index contributed by atoms with van der Waals surface area (Å²) in [7, 11) is -5.84. The van der Waals surface area contributed by atoms with E-state index in [0.717, 1.165) is 12.8 Å². The van der Waals surface area contributed by atoms with Crippen LogP contribution in [0.2, 0.25) is 0 Å². The van der Waals surface area contributed by atoms with Crippen LogP contribution in [0.5, 0.6) is 0 Å². The molecule has 1 heterocycles. The van der Waals surface area contributed by atoms with Crippen LogP contribution in [-0.4, -0.2) is 56.2 Å². The van der Waals surface area contributed by atoms with Crippen LogP contribution in [-0.2, 0) is 24.3 Å². The van der Waals surface area contributed by atoms with E-state index in [9.17, 15) is 36.3 Å². The molecule has 0 bridgehead atoms. The van der Waals surface area contributed by atoms with Crippen molar-refractivity contribution < 1.29 is 41.0 Å². The highest BCUT2D eigenvalue weighted by molar-refractivity contribution is 7.93. The molecule has 1 aliphatic carbocycles. The molecule has 190 valence electrons. The van der Waals surface area contributed by atoms with E-state index in [1.807, 2.05) is 0 Å².